The second-order valence-electron chi connectivity index (χ2n) is 9.69. The first-order chi connectivity index (χ1) is 13.2. The SMILES string of the molecule is CC1(C)C[C@@H]2C[C@@](C)(CN2C(=O)Cn2cnc3c(oc4ccccc43)c2=O)C1. The first kappa shape index (κ1) is 17.5. The molecule has 5 rings (SSSR count). The predicted octanol–water partition coefficient (Wildman–Crippen LogP) is 3.57. The van der Waals surface area contributed by atoms with Gasteiger partial charge in [-0.25, -0.2) is 4.98 Å². The van der Waals surface area contributed by atoms with Crippen LogP contribution in [-0.4, -0.2) is 32.9 Å². The number of likely N-dealkylation sites (tertiary alicyclic amines) is 1. The largest absolute Gasteiger partial charge is 0.448 e. The standard InChI is InChI=1S/C22H25N3O3/c1-21(2)8-14-9-22(3,11-21)12-25(14)17(26)10-24-13-23-18-15-6-4-5-7-16(15)28-19(18)20(24)27/h4-7,13-14H,8-12H2,1-3H3/t14-,22-/m1/s1. The van der Waals surface area contributed by atoms with Crippen LogP contribution in [0.2, 0.25) is 0 Å². The molecule has 2 fully saturated rings. The van der Waals surface area contributed by atoms with E-state index in [1.54, 1.807) is 0 Å². The molecular weight excluding hydrogens is 354 g/mol. The summed E-state index contributed by atoms with van der Waals surface area (Å²) in [5, 5.41) is 0.816. The van der Waals surface area contributed by atoms with Gasteiger partial charge in [-0.05, 0) is 42.2 Å². The minimum atomic E-state index is -0.303. The van der Waals surface area contributed by atoms with Crippen molar-refractivity contribution in [1.82, 2.24) is 14.5 Å². The molecule has 1 aliphatic heterocycles. The second kappa shape index (κ2) is 5.69. The maximum atomic E-state index is 13.1. The lowest BCUT2D eigenvalue weighted by molar-refractivity contribution is -0.133. The lowest BCUT2D eigenvalue weighted by Gasteiger charge is -2.39. The molecule has 1 saturated carbocycles. The van der Waals surface area contributed by atoms with E-state index in [9.17, 15) is 9.59 Å². The van der Waals surface area contributed by atoms with Gasteiger partial charge in [0.1, 0.15) is 17.6 Å². The molecule has 6 nitrogen and oxygen atoms in total. The van der Waals surface area contributed by atoms with E-state index in [2.05, 4.69) is 25.8 Å². The normalized spacial score (nSPS) is 26.2. The van der Waals surface area contributed by atoms with E-state index in [1.807, 2.05) is 29.2 Å². The summed E-state index contributed by atoms with van der Waals surface area (Å²) in [5.41, 5.74) is 1.52. The first-order valence-corrected chi connectivity index (χ1v) is 9.91. The molecular formula is C22H25N3O3. The number of carbonyl (C=O) groups excluding carboxylic acids is 1. The third kappa shape index (κ3) is 2.65. The number of nitrogens with zero attached hydrogens (tertiary/aromatic N) is 3. The molecule has 2 bridgehead atoms. The van der Waals surface area contributed by atoms with Crippen molar-refractivity contribution in [3.63, 3.8) is 0 Å². The van der Waals surface area contributed by atoms with Crippen LogP contribution in [0, 0.1) is 10.8 Å². The van der Waals surface area contributed by atoms with Gasteiger partial charge in [0.05, 0.1) is 6.33 Å². The number of hydrogen-bond donors (Lipinski definition) is 0. The number of furan rings is 1. The molecule has 2 aromatic heterocycles. The summed E-state index contributed by atoms with van der Waals surface area (Å²) in [6.45, 7) is 7.63. The number of benzene rings is 1. The van der Waals surface area contributed by atoms with Gasteiger partial charge in [0.2, 0.25) is 11.5 Å². The van der Waals surface area contributed by atoms with Gasteiger partial charge in [0.15, 0.2) is 0 Å². The molecule has 3 heterocycles. The Morgan fingerprint density at radius 3 is 2.86 bits per heavy atom. The number of carbonyl (C=O) groups is 1. The lowest BCUT2D eigenvalue weighted by Crippen LogP contribution is -2.40. The maximum absolute atomic E-state index is 13.1. The molecule has 1 amide bonds. The number of amides is 1. The summed E-state index contributed by atoms with van der Waals surface area (Å²) >= 11 is 0. The summed E-state index contributed by atoms with van der Waals surface area (Å²) < 4.78 is 7.10. The Morgan fingerprint density at radius 2 is 2.04 bits per heavy atom. The molecule has 0 unspecified atom stereocenters. The van der Waals surface area contributed by atoms with Crippen LogP contribution in [-0.2, 0) is 11.3 Å². The monoisotopic (exact) mass is 379 g/mol. The van der Waals surface area contributed by atoms with Crippen molar-refractivity contribution in [2.45, 2.75) is 52.6 Å². The van der Waals surface area contributed by atoms with Crippen LogP contribution in [0.1, 0.15) is 40.0 Å². The second-order valence-corrected chi connectivity index (χ2v) is 9.69. The van der Waals surface area contributed by atoms with Gasteiger partial charge in [-0.3, -0.25) is 14.2 Å². The zero-order valence-electron chi connectivity index (χ0n) is 16.6. The summed E-state index contributed by atoms with van der Waals surface area (Å²) in [6.07, 6.45) is 4.67. The fourth-order valence-electron chi connectivity index (χ4n) is 5.72. The Hall–Kier alpha value is -2.63. The fraction of sp³-hybridized carbons (Fsp3) is 0.500. The van der Waals surface area contributed by atoms with Crippen molar-refractivity contribution in [2.24, 2.45) is 10.8 Å². The van der Waals surface area contributed by atoms with Crippen molar-refractivity contribution in [2.75, 3.05) is 6.54 Å². The topological polar surface area (TPSA) is 68.3 Å². The summed E-state index contributed by atoms with van der Waals surface area (Å²) in [7, 11) is 0. The fourth-order valence-corrected chi connectivity index (χ4v) is 5.72. The molecule has 2 atom stereocenters. The van der Waals surface area contributed by atoms with Gasteiger partial charge in [-0.2, -0.15) is 0 Å². The van der Waals surface area contributed by atoms with Crippen LogP contribution in [0.25, 0.3) is 22.1 Å². The smallest absolute Gasteiger partial charge is 0.297 e. The molecule has 28 heavy (non-hydrogen) atoms. The molecule has 0 N–H and O–H groups in total. The van der Waals surface area contributed by atoms with Gasteiger partial charge >= 0.3 is 0 Å². The molecule has 1 aromatic carbocycles. The molecule has 146 valence electrons. The highest BCUT2D eigenvalue weighted by atomic mass is 16.3. The molecule has 3 aromatic rings. The van der Waals surface area contributed by atoms with E-state index in [-0.39, 0.29) is 40.5 Å². The summed E-state index contributed by atoms with van der Waals surface area (Å²) in [5.74, 6) is -0.00853. The molecule has 0 spiro atoms. The Balaban J connectivity index is 1.46. The van der Waals surface area contributed by atoms with Gasteiger partial charge in [0, 0.05) is 18.0 Å². The first-order valence-electron chi connectivity index (χ1n) is 9.91. The zero-order chi connectivity index (χ0) is 19.7. The summed E-state index contributed by atoms with van der Waals surface area (Å²) in [6, 6.07) is 7.72. The summed E-state index contributed by atoms with van der Waals surface area (Å²) in [4.78, 5) is 32.4. The number of hydrogen-bond acceptors (Lipinski definition) is 4. The van der Waals surface area contributed by atoms with Crippen LogP contribution in [0.3, 0.4) is 0 Å². The number of rotatable bonds is 2. The van der Waals surface area contributed by atoms with Crippen molar-refractivity contribution in [3.8, 4) is 0 Å². The van der Waals surface area contributed by atoms with Gasteiger partial charge in [-0.1, -0.05) is 32.9 Å². The van der Waals surface area contributed by atoms with Crippen molar-refractivity contribution < 1.29 is 9.21 Å². The van der Waals surface area contributed by atoms with Crippen LogP contribution in [0.5, 0.6) is 0 Å². The number of para-hydroxylation sites is 1. The van der Waals surface area contributed by atoms with Crippen LogP contribution in [0.15, 0.2) is 39.8 Å². The maximum Gasteiger partial charge on any atom is 0.297 e. The minimum absolute atomic E-state index is 0.00578. The van der Waals surface area contributed by atoms with E-state index in [1.165, 1.54) is 10.9 Å². The van der Waals surface area contributed by atoms with Crippen LogP contribution < -0.4 is 5.56 Å². The van der Waals surface area contributed by atoms with Gasteiger partial charge in [0.25, 0.3) is 5.56 Å². The number of fused-ring (bicyclic) bond motifs is 5. The van der Waals surface area contributed by atoms with Gasteiger partial charge < -0.3 is 9.32 Å². The molecule has 6 heteroatoms. The van der Waals surface area contributed by atoms with Crippen molar-refractivity contribution in [1.29, 1.82) is 0 Å². The van der Waals surface area contributed by atoms with E-state index in [4.69, 9.17) is 4.42 Å². The van der Waals surface area contributed by atoms with Crippen LogP contribution in [0.4, 0.5) is 0 Å². The Bertz CT molecular complexity index is 1160. The number of aromatic nitrogens is 2. The highest BCUT2D eigenvalue weighted by Crippen LogP contribution is 2.52. The highest BCUT2D eigenvalue weighted by Gasteiger charge is 2.50. The molecule has 1 saturated heterocycles. The highest BCUT2D eigenvalue weighted by molar-refractivity contribution is 6.01. The molecule has 2 aliphatic rings. The Morgan fingerprint density at radius 1 is 1.25 bits per heavy atom. The van der Waals surface area contributed by atoms with Crippen LogP contribution >= 0.6 is 0 Å². The Labute approximate surface area is 163 Å². The zero-order valence-corrected chi connectivity index (χ0v) is 16.6. The third-order valence-corrected chi connectivity index (χ3v) is 6.39. The van der Waals surface area contributed by atoms with Crippen molar-refractivity contribution >= 4 is 28.0 Å². The molecule has 0 radical (unpaired) electrons. The average Bonchev–Trinajstić information content (AvgIpc) is 3.11. The lowest BCUT2D eigenvalue weighted by atomic mass is 9.65. The van der Waals surface area contributed by atoms with E-state index in [0.29, 0.717) is 11.1 Å². The van der Waals surface area contributed by atoms with Gasteiger partial charge in [-0.15, -0.1) is 0 Å². The minimum Gasteiger partial charge on any atom is -0.448 e. The van der Waals surface area contributed by atoms with E-state index < -0.39 is 0 Å². The average molecular weight is 379 g/mol. The van der Waals surface area contributed by atoms with E-state index >= 15 is 0 Å². The van der Waals surface area contributed by atoms with E-state index in [0.717, 1.165) is 31.2 Å². The predicted molar refractivity (Wildman–Crippen MR) is 107 cm³/mol. The Kier molecular flexibility index (Phi) is 3.55. The molecule has 1 aliphatic carbocycles. The van der Waals surface area contributed by atoms with Crippen molar-refractivity contribution in [3.05, 3.63) is 40.9 Å². The quantitative estimate of drug-likeness (QED) is 0.683. The third-order valence-electron chi connectivity index (χ3n) is 6.39.